The first-order chi connectivity index (χ1) is 9.72. The van der Waals surface area contributed by atoms with Gasteiger partial charge in [-0.1, -0.05) is 35.9 Å². The Kier molecular flexibility index (Phi) is 3.59. The van der Waals surface area contributed by atoms with Gasteiger partial charge in [0.15, 0.2) is 0 Å². The van der Waals surface area contributed by atoms with E-state index < -0.39 is 0 Å². The van der Waals surface area contributed by atoms with Crippen molar-refractivity contribution in [2.75, 3.05) is 6.54 Å². The van der Waals surface area contributed by atoms with Crippen LogP contribution in [-0.4, -0.2) is 22.1 Å². The summed E-state index contributed by atoms with van der Waals surface area (Å²) in [5, 5.41) is 7.85. The number of hydrogen-bond acceptors (Lipinski definition) is 3. The van der Waals surface area contributed by atoms with Crippen LogP contribution in [0, 0.1) is 0 Å². The highest BCUT2D eigenvalue weighted by Gasteiger charge is 2.30. The Morgan fingerprint density at radius 1 is 1.50 bits per heavy atom. The van der Waals surface area contributed by atoms with E-state index in [0.29, 0.717) is 17.3 Å². The molecule has 1 aromatic heterocycles. The number of Topliss-reactive ketones (excluding diaryl/α,β-unsaturated/α-hetero) is 1. The van der Waals surface area contributed by atoms with Gasteiger partial charge in [-0.3, -0.25) is 9.48 Å². The van der Waals surface area contributed by atoms with E-state index in [0.717, 1.165) is 18.5 Å². The van der Waals surface area contributed by atoms with E-state index in [4.69, 9.17) is 11.6 Å². The van der Waals surface area contributed by atoms with Crippen molar-refractivity contribution in [1.29, 1.82) is 0 Å². The Morgan fingerprint density at radius 2 is 2.30 bits per heavy atom. The second-order valence-electron chi connectivity index (χ2n) is 4.86. The third-order valence-corrected chi connectivity index (χ3v) is 3.98. The molecule has 0 saturated heterocycles. The first kappa shape index (κ1) is 13.3. The summed E-state index contributed by atoms with van der Waals surface area (Å²) >= 11 is 6.13. The largest absolute Gasteiger partial charge is 0.303 e. The fourth-order valence-corrected chi connectivity index (χ4v) is 2.96. The van der Waals surface area contributed by atoms with Crippen LogP contribution in [0.5, 0.6) is 0 Å². The lowest BCUT2D eigenvalue weighted by atomic mass is 9.91. The number of halogens is 1. The quantitative estimate of drug-likeness (QED) is 0.884. The van der Waals surface area contributed by atoms with Crippen molar-refractivity contribution in [3.63, 3.8) is 0 Å². The van der Waals surface area contributed by atoms with Gasteiger partial charge < -0.3 is 5.32 Å². The van der Waals surface area contributed by atoms with E-state index in [2.05, 4.69) is 16.5 Å². The van der Waals surface area contributed by atoms with Crippen molar-refractivity contribution < 1.29 is 4.79 Å². The molecule has 1 aliphatic rings. The SMILES string of the molecule is CCn1ncc(Cl)c1C(=O)C1NCCc2ccccc21. The molecule has 2 aromatic rings. The molecule has 0 bridgehead atoms. The lowest BCUT2D eigenvalue weighted by molar-refractivity contribution is 0.0929. The van der Waals surface area contributed by atoms with Crippen LogP contribution in [0.3, 0.4) is 0 Å². The Hall–Kier alpha value is -1.65. The number of benzene rings is 1. The fraction of sp³-hybridized carbons (Fsp3) is 0.333. The smallest absolute Gasteiger partial charge is 0.203 e. The monoisotopic (exact) mass is 289 g/mol. The van der Waals surface area contributed by atoms with Crippen LogP contribution in [0.15, 0.2) is 30.5 Å². The number of hydrogen-bond donors (Lipinski definition) is 1. The van der Waals surface area contributed by atoms with E-state index in [1.165, 1.54) is 11.8 Å². The second kappa shape index (κ2) is 5.38. The molecule has 5 heteroatoms. The van der Waals surface area contributed by atoms with Gasteiger partial charge in [0, 0.05) is 13.1 Å². The number of nitrogens with one attached hydrogen (secondary N) is 1. The van der Waals surface area contributed by atoms with Gasteiger partial charge in [0.2, 0.25) is 5.78 Å². The number of ketones is 1. The van der Waals surface area contributed by atoms with Crippen molar-refractivity contribution in [2.45, 2.75) is 25.9 Å². The summed E-state index contributed by atoms with van der Waals surface area (Å²) in [6.07, 6.45) is 2.48. The Balaban J connectivity index is 2.02. The number of fused-ring (bicyclic) bond motifs is 1. The van der Waals surface area contributed by atoms with Gasteiger partial charge in [-0.05, 0) is 24.5 Å². The summed E-state index contributed by atoms with van der Waals surface area (Å²) in [5.41, 5.74) is 2.76. The summed E-state index contributed by atoms with van der Waals surface area (Å²) in [5.74, 6) is -0.0125. The summed E-state index contributed by atoms with van der Waals surface area (Å²) in [6, 6.07) is 7.72. The molecule has 0 spiro atoms. The highest BCUT2D eigenvalue weighted by Crippen LogP contribution is 2.28. The zero-order valence-electron chi connectivity index (χ0n) is 11.3. The van der Waals surface area contributed by atoms with Gasteiger partial charge in [0.05, 0.1) is 17.3 Å². The molecule has 2 heterocycles. The molecule has 0 saturated carbocycles. The van der Waals surface area contributed by atoms with Gasteiger partial charge in [-0.15, -0.1) is 0 Å². The van der Waals surface area contributed by atoms with Gasteiger partial charge in [-0.25, -0.2) is 0 Å². The number of aromatic nitrogens is 2. The van der Waals surface area contributed by atoms with E-state index in [-0.39, 0.29) is 11.8 Å². The highest BCUT2D eigenvalue weighted by molar-refractivity contribution is 6.33. The molecule has 3 rings (SSSR count). The number of carbonyl (C=O) groups is 1. The van der Waals surface area contributed by atoms with Crippen LogP contribution in [-0.2, 0) is 13.0 Å². The zero-order chi connectivity index (χ0) is 14.1. The van der Waals surface area contributed by atoms with Gasteiger partial charge in [-0.2, -0.15) is 5.10 Å². The molecular formula is C15H16ClN3O. The summed E-state index contributed by atoms with van der Waals surface area (Å²) in [7, 11) is 0. The Bertz CT molecular complexity index is 650. The minimum atomic E-state index is -0.334. The maximum absolute atomic E-state index is 12.8. The third kappa shape index (κ3) is 2.15. The van der Waals surface area contributed by atoms with Crippen molar-refractivity contribution in [3.05, 3.63) is 52.3 Å². The number of carbonyl (C=O) groups excluding carboxylic acids is 1. The molecule has 0 aliphatic carbocycles. The molecule has 1 N–H and O–H groups in total. The number of aryl methyl sites for hydroxylation is 1. The molecular weight excluding hydrogens is 274 g/mol. The fourth-order valence-electron chi connectivity index (χ4n) is 2.72. The highest BCUT2D eigenvalue weighted by atomic mass is 35.5. The van der Waals surface area contributed by atoms with E-state index in [1.54, 1.807) is 4.68 Å². The lowest BCUT2D eigenvalue weighted by Crippen LogP contribution is -2.36. The van der Waals surface area contributed by atoms with Crippen molar-refractivity contribution in [3.8, 4) is 0 Å². The van der Waals surface area contributed by atoms with Crippen LogP contribution in [0.4, 0.5) is 0 Å². The standard InChI is InChI=1S/C15H16ClN3O/c1-2-19-14(12(16)9-18-19)15(20)13-11-6-4-3-5-10(11)7-8-17-13/h3-6,9,13,17H,2,7-8H2,1H3. The van der Waals surface area contributed by atoms with Crippen molar-refractivity contribution in [2.24, 2.45) is 0 Å². The first-order valence-corrected chi connectivity index (χ1v) is 7.17. The van der Waals surface area contributed by atoms with Crippen LogP contribution in [0.2, 0.25) is 5.02 Å². The first-order valence-electron chi connectivity index (χ1n) is 6.79. The Morgan fingerprint density at radius 3 is 3.10 bits per heavy atom. The molecule has 4 nitrogen and oxygen atoms in total. The molecule has 0 radical (unpaired) electrons. The molecule has 20 heavy (non-hydrogen) atoms. The van der Waals surface area contributed by atoms with Crippen LogP contribution in [0.1, 0.15) is 34.6 Å². The van der Waals surface area contributed by atoms with Gasteiger partial charge in [0.25, 0.3) is 0 Å². The van der Waals surface area contributed by atoms with Gasteiger partial charge >= 0.3 is 0 Å². The predicted octanol–water partition coefficient (Wildman–Crippen LogP) is 2.63. The van der Waals surface area contributed by atoms with Crippen molar-refractivity contribution in [1.82, 2.24) is 15.1 Å². The maximum Gasteiger partial charge on any atom is 0.203 e. The maximum atomic E-state index is 12.8. The molecule has 0 amide bonds. The molecule has 1 aliphatic heterocycles. The summed E-state index contributed by atoms with van der Waals surface area (Å²) in [6.45, 7) is 3.37. The molecule has 0 fully saturated rings. The average Bonchev–Trinajstić information content (AvgIpc) is 2.87. The minimum absolute atomic E-state index is 0.0125. The zero-order valence-corrected chi connectivity index (χ0v) is 12.0. The van der Waals surface area contributed by atoms with Crippen molar-refractivity contribution >= 4 is 17.4 Å². The lowest BCUT2D eigenvalue weighted by Gasteiger charge is -2.26. The molecule has 1 atom stereocenters. The predicted molar refractivity (Wildman–Crippen MR) is 78.1 cm³/mol. The molecule has 1 aromatic carbocycles. The number of rotatable bonds is 3. The minimum Gasteiger partial charge on any atom is -0.303 e. The topological polar surface area (TPSA) is 46.9 Å². The number of nitrogens with zero attached hydrogens (tertiary/aromatic N) is 2. The van der Waals surface area contributed by atoms with E-state index in [9.17, 15) is 4.79 Å². The van der Waals surface area contributed by atoms with Crippen LogP contribution >= 0.6 is 11.6 Å². The molecule has 104 valence electrons. The van der Waals surface area contributed by atoms with E-state index in [1.807, 2.05) is 25.1 Å². The normalized spacial score (nSPS) is 17.8. The Labute approximate surface area is 122 Å². The van der Waals surface area contributed by atoms with Crippen LogP contribution < -0.4 is 5.32 Å². The van der Waals surface area contributed by atoms with E-state index >= 15 is 0 Å². The third-order valence-electron chi connectivity index (χ3n) is 3.70. The average molecular weight is 290 g/mol. The summed E-state index contributed by atoms with van der Waals surface area (Å²) < 4.78 is 1.66. The molecule has 1 unspecified atom stereocenters. The second-order valence-corrected chi connectivity index (χ2v) is 5.26. The van der Waals surface area contributed by atoms with Gasteiger partial charge in [0.1, 0.15) is 5.69 Å². The summed E-state index contributed by atoms with van der Waals surface area (Å²) in [4.78, 5) is 12.8. The van der Waals surface area contributed by atoms with Crippen LogP contribution in [0.25, 0.3) is 0 Å².